The highest BCUT2D eigenvalue weighted by atomic mass is 16.5. The number of rotatable bonds is 7. The van der Waals surface area contributed by atoms with E-state index in [4.69, 9.17) is 9.84 Å². The van der Waals surface area contributed by atoms with Crippen LogP contribution in [0, 0.1) is 6.92 Å². The zero-order valence-electron chi connectivity index (χ0n) is 11.6. The van der Waals surface area contributed by atoms with Crippen molar-refractivity contribution in [3.63, 3.8) is 0 Å². The number of methoxy groups -OCH3 is 1. The molecule has 0 radical (unpaired) electrons. The van der Waals surface area contributed by atoms with Gasteiger partial charge >= 0.3 is 5.97 Å². The number of phenolic OH excluding ortho intramolecular Hbond substituents is 1. The van der Waals surface area contributed by atoms with Gasteiger partial charge in [-0.2, -0.15) is 0 Å². The standard InChI is InChI=1S/C14H21NO4/c1-10-4-5-13(16)12(8-10)11(2)15(6-7-19-3)9-14(17)18/h4-5,8,11,16H,6-7,9H2,1-3H3,(H,17,18). The summed E-state index contributed by atoms with van der Waals surface area (Å²) in [6, 6.07) is 5.14. The highest BCUT2D eigenvalue weighted by molar-refractivity contribution is 5.69. The second kappa shape index (κ2) is 7.11. The van der Waals surface area contributed by atoms with Gasteiger partial charge in [-0.15, -0.1) is 0 Å². The first kappa shape index (κ1) is 15.5. The summed E-state index contributed by atoms with van der Waals surface area (Å²) >= 11 is 0. The Kier molecular flexibility index (Phi) is 5.79. The number of phenols is 1. The summed E-state index contributed by atoms with van der Waals surface area (Å²) < 4.78 is 5.00. The van der Waals surface area contributed by atoms with Crippen LogP contribution < -0.4 is 0 Å². The molecule has 0 saturated heterocycles. The van der Waals surface area contributed by atoms with Crippen molar-refractivity contribution in [1.29, 1.82) is 0 Å². The van der Waals surface area contributed by atoms with Crippen LogP contribution in [0.5, 0.6) is 5.75 Å². The van der Waals surface area contributed by atoms with E-state index in [1.807, 2.05) is 26.0 Å². The molecule has 5 heteroatoms. The van der Waals surface area contributed by atoms with Crippen LogP contribution in [0.3, 0.4) is 0 Å². The number of aromatic hydroxyl groups is 1. The molecule has 0 bridgehead atoms. The lowest BCUT2D eigenvalue weighted by Crippen LogP contribution is -2.35. The number of carboxylic acid groups (broad SMARTS) is 1. The van der Waals surface area contributed by atoms with Crippen molar-refractivity contribution in [1.82, 2.24) is 4.90 Å². The fraction of sp³-hybridized carbons (Fsp3) is 0.500. The molecule has 19 heavy (non-hydrogen) atoms. The zero-order valence-corrected chi connectivity index (χ0v) is 11.6. The molecule has 0 aliphatic rings. The first-order chi connectivity index (χ1) is 8.95. The summed E-state index contributed by atoms with van der Waals surface area (Å²) in [6.07, 6.45) is 0. The van der Waals surface area contributed by atoms with E-state index in [1.54, 1.807) is 18.1 Å². The van der Waals surface area contributed by atoms with Gasteiger partial charge < -0.3 is 14.9 Å². The van der Waals surface area contributed by atoms with Gasteiger partial charge in [-0.05, 0) is 19.9 Å². The normalized spacial score (nSPS) is 12.6. The molecule has 5 nitrogen and oxygen atoms in total. The van der Waals surface area contributed by atoms with Crippen molar-refractivity contribution in [2.24, 2.45) is 0 Å². The SMILES string of the molecule is COCCN(CC(=O)O)C(C)c1cc(C)ccc1O. The lowest BCUT2D eigenvalue weighted by Gasteiger charge is -2.28. The molecule has 1 unspecified atom stereocenters. The van der Waals surface area contributed by atoms with Gasteiger partial charge in [0, 0.05) is 25.3 Å². The van der Waals surface area contributed by atoms with Crippen LogP contribution in [-0.2, 0) is 9.53 Å². The van der Waals surface area contributed by atoms with E-state index in [0.717, 1.165) is 11.1 Å². The van der Waals surface area contributed by atoms with Gasteiger partial charge in [-0.3, -0.25) is 9.69 Å². The average molecular weight is 267 g/mol. The van der Waals surface area contributed by atoms with Crippen LogP contribution in [0.1, 0.15) is 24.1 Å². The summed E-state index contributed by atoms with van der Waals surface area (Å²) in [6.45, 7) is 4.68. The van der Waals surface area contributed by atoms with E-state index in [1.165, 1.54) is 0 Å². The van der Waals surface area contributed by atoms with E-state index >= 15 is 0 Å². The Balaban J connectivity index is 2.93. The van der Waals surface area contributed by atoms with E-state index in [0.29, 0.717) is 13.2 Å². The smallest absolute Gasteiger partial charge is 0.317 e. The minimum Gasteiger partial charge on any atom is -0.508 e. The number of hydrogen-bond acceptors (Lipinski definition) is 4. The minimum absolute atomic E-state index is 0.0854. The van der Waals surface area contributed by atoms with Gasteiger partial charge in [0.2, 0.25) is 0 Å². The molecule has 1 aromatic carbocycles. The number of carboxylic acids is 1. The van der Waals surface area contributed by atoms with Crippen molar-refractivity contribution in [3.8, 4) is 5.75 Å². The number of aliphatic carboxylic acids is 1. The Morgan fingerprint density at radius 2 is 2.16 bits per heavy atom. The first-order valence-corrected chi connectivity index (χ1v) is 6.20. The van der Waals surface area contributed by atoms with Crippen LogP contribution in [-0.4, -0.2) is 47.9 Å². The third-order valence-electron chi connectivity index (χ3n) is 3.10. The number of nitrogens with zero attached hydrogens (tertiary/aromatic N) is 1. The van der Waals surface area contributed by atoms with Gasteiger partial charge in [0.05, 0.1) is 13.2 Å². The van der Waals surface area contributed by atoms with E-state index in [2.05, 4.69) is 0 Å². The lowest BCUT2D eigenvalue weighted by atomic mass is 10.0. The summed E-state index contributed by atoms with van der Waals surface area (Å²) in [7, 11) is 1.58. The number of hydrogen-bond donors (Lipinski definition) is 2. The summed E-state index contributed by atoms with van der Waals surface area (Å²) in [4.78, 5) is 12.7. The van der Waals surface area contributed by atoms with Crippen LogP contribution in [0.4, 0.5) is 0 Å². The van der Waals surface area contributed by atoms with Crippen molar-refractivity contribution in [2.75, 3.05) is 26.8 Å². The third kappa shape index (κ3) is 4.54. The fourth-order valence-electron chi connectivity index (χ4n) is 2.00. The maximum Gasteiger partial charge on any atom is 0.317 e. The van der Waals surface area contributed by atoms with E-state index < -0.39 is 5.97 Å². The molecule has 0 fully saturated rings. The molecule has 0 saturated carbocycles. The van der Waals surface area contributed by atoms with Crippen LogP contribution in [0.15, 0.2) is 18.2 Å². The van der Waals surface area contributed by atoms with Crippen LogP contribution >= 0.6 is 0 Å². The number of benzene rings is 1. The van der Waals surface area contributed by atoms with Crippen molar-refractivity contribution >= 4 is 5.97 Å². The van der Waals surface area contributed by atoms with Crippen LogP contribution in [0.25, 0.3) is 0 Å². The highest BCUT2D eigenvalue weighted by Gasteiger charge is 2.20. The Hall–Kier alpha value is -1.59. The van der Waals surface area contributed by atoms with Crippen molar-refractivity contribution in [2.45, 2.75) is 19.9 Å². The molecule has 2 N–H and O–H groups in total. The van der Waals surface area contributed by atoms with Gasteiger partial charge in [0.1, 0.15) is 5.75 Å². The molecular formula is C14H21NO4. The lowest BCUT2D eigenvalue weighted by molar-refractivity contribution is -0.139. The second-order valence-electron chi connectivity index (χ2n) is 4.60. The van der Waals surface area contributed by atoms with E-state index in [-0.39, 0.29) is 18.3 Å². The zero-order chi connectivity index (χ0) is 14.4. The molecule has 0 spiro atoms. The number of ether oxygens (including phenoxy) is 1. The molecule has 1 rings (SSSR count). The molecule has 0 amide bonds. The summed E-state index contributed by atoms with van der Waals surface area (Å²) in [5, 5.41) is 18.9. The fourth-order valence-corrected chi connectivity index (χ4v) is 2.00. The Morgan fingerprint density at radius 3 is 2.74 bits per heavy atom. The molecule has 1 atom stereocenters. The largest absolute Gasteiger partial charge is 0.508 e. The molecule has 0 aliphatic heterocycles. The molecule has 0 aromatic heterocycles. The Morgan fingerprint density at radius 1 is 1.47 bits per heavy atom. The molecule has 0 heterocycles. The maximum atomic E-state index is 10.9. The Labute approximate surface area is 113 Å². The van der Waals surface area contributed by atoms with Gasteiger partial charge in [-0.25, -0.2) is 0 Å². The predicted molar refractivity (Wildman–Crippen MR) is 72.3 cm³/mol. The first-order valence-electron chi connectivity index (χ1n) is 6.20. The van der Waals surface area contributed by atoms with Crippen molar-refractivity contribution in [3.05, 3.63) is 29.3 Å². The minimum atomic E-state index is -0.893. The monoisotopic (exact) mass is 267 g/mol. The summed E-state index contributed by atoms with van der Waals surface area (Å²) in [5.74, 6) is -0.707. The van der Waals surface area contributed by atoms with Gasteiger partial charge in [0.25, 0.3) is 0 Å². The second-order valence-corrected chi connectivity index (χ2v) is 4.60. The predicted octanol–water partition coefficient (Wildman–Crippen LogP) is 1.79. The number of carbonyl (C=O) groups is 1. The van der Waals surface area contributed by atoms with E-state index in [9.17, 15) is 9.90 Å². The molecular weight excluding hydrogens is 246 g/mol. The molecule has 106 valence electrons. The maximum absolute atomic E-state index is 10.9. The number of aryl methyl sites for hydroxylation is 1. The summed E-state index contributed by atoms with van der Waals surface area (Å²) in [5.41, 5.74) is 1.76. The molecule has 1 aromatic rings. The average Bonchev–Trinajstić information content (AvgIpc) is 2.36. The van der Waals surface area contributed by atoms with Gasteiger partial charge in [0.15, 0.2) is 0 Å². The Bertz CT molecular complexity index is 433. The third-order valence-corrected chi connectivity index (χ3v) is 3.10. The molecule has 0 aliphatic carbocycles. The van der Waals surface area contributed by atoms with Crippen molar-refractivity contribution < 1.29 is 19.7 Å². The van der Waals surface area contributed by atoms with Crippen LogP contribution in [0.2, 0.25) is 0 Å². The highest BCUT2D eigenvalue weighted by Crippen LogP contribution is 2.29. The quantitative estimate of drug-likeness (QED) is 0.788. The topological polar surface area (TPSA) is 70.0 Å². The van der Waals surface area contributed by atoms with Gasteiger partial charge in [-0.1, -0.05) is 17.7 Å².